The highest BCUT2D eigenvalue weighted by Gasteiger charge is 2.06. The summed E-state index contributed by atoms with van der Waals surface area (Å²) in [6.07, 6.45) is 6.78. The maximum Gasteiger partial charge on any atom is 0.244 e. The number of aryl methyl sites for hydroxylation is 1. The van der Waals surface area contributed by atoms with Crippen LogP contribution in [0.4, 0.5) is 0 Å². The van der Waals surface area contributed by atoms with E-state index in [9.17, 15) is 4.79 Å². The number of nitrogens with one attached hydrogen (secondary N) is 1. The zero-order valence-corrected chi connectivity index (χ0v) is 11.7. The molecule has 2 aromatic rings. The largest absolute Gasteiger partial charge is 0.469 e. The van der Waals surface area contributed by atoms with E-state index in [1.54, 1.807) is 23.7 Å². The minimum atomic E-state index is -0.0552. The maximum absolute atomic E-state index is 11.7. The van der Waals surface area contributed by atoms with Crippen LogP contribution in [-0.4, -0.2) is 11.9 Å². The summed E-state index contributed by atoms with van der Waals surface area (Å²) in [4.78, 5) is 12.8. The molecule has 1 atom stereocenters. The standard InChI is InChI=1S/C15H17NO2S/c1-12(6-7-13-4-2-10-18-13)16-15(17)9-8-14-5-3-11-19-14/h2-5,8-12H,6-7H2,1H3,(H,16,17)/b9-8+. The second-order valence-electron chi connectivity index (χ2n) is 4.38. The Balaban J connectivity index is 1.72. The van der Waals surface area contributed by atoms with Crippen molar-refractivity contribution in [2.24, 2.45) is 0 Å². The van der Waals surface area contributed by atoms with Crippen LogP contribution >= 0.6 is 11.3 Å². The van der Waals surface area contributed by atoms with Gasteiger partial charge in [0.05, 0.1) is 6.26 Å². The lowest BCUT2D eigenvalue weighted by Gasteiger charge is -2.11. The van der Waals surface area contributed by atoms with E-state index >= 15 is 0 Å². The lowest BCUT2D eigenvalue weighted by Crippen LogP contribution is -2.31. The predicted molar refractivity (Wildman–Crippen MR) is 78.0 cm³/mol. The smallest absolute Gasteiger partial charge is 0.244 e. The molecule has 0 fully saturated rings. The molecule has 0 bridgehead atoms. The van der Waals surface area contributed by atoms with Crippen LogP contribution in [0, 0.1) is 0 Å². The minimum absolute atomic E-state index is 0.0552. The Morgan fingerprint density at radius 2 is 2.37 bits per heavy atom. The fourth-order valence-electron chi connectivity index (χ4n) is 1.72. The molecule has 2 heterocycles. The molecule has 1 amide bonds. The van der Waals surface area contributed by atoms with Crippen LogP contribution in [0.2, 0.25) is 0 Å². The molecule has 0 radical (unpaired) electrons. The van der Waals surface area contributed by atoms with Crippen LogP contribution in [0.5, 0.6) is 0 Å². The van der Waals surface area contributed by atoms with Gasteiger partial charge in [-0.15, -0.1) is 11.3 Å². The van der Waals surface area contributed by atoms with Gasteiger partial charge in [0.15, 0.2) is 0 Å². The summed E-state index contributed by atoms with van der Waals surface area (Å²) in [6, 6.07) is 7.90. The molecule has 2 aromatic heterocycles. The summed E-state index contributed by atoms with van der Waals surface area (Å²) in [5.74, 6) is 0.899. The van der Waals surface area contributed by atoms with Gasteiger partial charge in [-0.05, 0) is 43.0 Å². The molecular weight excluding hydrogens is 258 g/mol. The first-order valence-corrected chi connectivity index (χ1v) is 7.16. The van der Waals surface area contributed by atoms with Gasteiger partial charge in [0, 0.05) is 23.4 Å². The van der Waals surface area contributed by atoms with Crippen molar-refractivity contribution in [1.29, 1.82) is 0 Å². The molecule has 2 rings (SSSR count). The van der Waals surface area contributed by atoms with Gasteiger partial charge in [-0.2, -0.15) is 0 Å². The minimum Gasteiger partial charge on any atom is -0.469 e. The highest BCUT2D eigenvalue weighted by Crippen LogP contribution is 2.10. The molecule has 0 aliphatic rings. The number of thiophene rings is 1. The monoisotopic (exact) mass is 275 g/mol. The summed E-state index contributed by atoms with van der Waals surface area (Å²) >= 11 is 1.61. The zero-order chi connectivity index (χ0) is 13.5. The Labute approximate surface area is 116 Å². The van der Waals surface area contributed by atoms with Crippen molar-refractivity contribution in [2.45, 2.75) is 25.8 Å². The first-order chi connectivity index (χ1) is 9.24. The van der Waals surface area contributed by atoms with Gasteiger partial charge < -0.3 is 9.73 Å². The van der Waals surface area contributed by atoms with Crippen LogP contribution < -0.4 is 5.32 Å². The molecule has 1 unspecified atom stereocenters. The molecule has 3 nitrogen and oxygen atoms in total. The Morgan fingerprint density at radius 1 is 1.47 bits per heavy atom. The summed E-state index contributed by atoms with van der Waals surface area (Å²) in [5, 5.41) is 4.93. The average molecular weight is 275 g/mol. The third-order valence-corrected chi connectivity index (χ3v) is 3.57. The molecule has 4 heteroatoms. The van der Waals surface area contributed by atoms with Crippen molar-refractivity contribution in [3.8, 4) is 0 Å². The van der Waals surface area contributed by atoms with Crippen molar-refractivity contribution in [1.82, 2.24) is 5.32 Å². The van der Waals surface area contributed by atoms with E-state index in [2.05, 4.69) is 5.32 Å². The van der Waals surface area contributed by atoms with E-state index in [-0.39, 0.29) is 11.9 Å². The van der Waals surface area contributed by atoms with Gasteiger partial charge in [0.1, 0.15) is 5.76 Å². The summed E-state index contributed by atoms with van der Waals surface area (Å²) < 4.78 is 5.26. The molecular formula is C15H17NO2S. The van der Waals surface area contributed by atoms with E-state index in [0.29, 0.717) is 0 Å². The first-order valence-electron chi connectivity index (χ1n) is 6.28. The number of amides is 1. The van der Waals surface area contributed by atoms with Gasteiger partial charge in [-0.1, -0.05) is 6.07 Å². The SMILES string of the molecule is CC(CCc1ccco1)NC(=O)/C=C/c1cccs1. The molecule has 0 aliphatic heterocycles. The molecule has 1 N–H and O–H groups in total. The number of carbonyl (C=O) groups is 1. The van der Waals surface area contributed by atoms with Gasteiger partial charge in [0.25, 0.3) is 0 Å². The molecule has 0 saturated carbocycles. The maximum atomic E-state index is 11.7. The molecule has 0 aromatic carbocycles. The Kier molecular flexibility index (Phi) is 4.98. The molecule has 0 saturated heterocycles. The Hall–Kier alpha value is -1.81. The van der Waals surface area contributed by atoms with Crippen LogP contribution in [0.15, 0.2) is 46.4 Å². The van der Waals surface area contributed by atoms with Crippen LogP contribution in [0.3, 0.4) is 0 Å². The summed E-state index contributed by atoms with van der Waals surface area (Å²) in [7, 11) is 0. The molecule has 19 heavy (non-hydrogen) atoms. The third-order valence-electron chi connectivity index (χ3n) is 2.73. The highest BCUT2D eigenvalue weighted by molar-refractivity contribution is 7.10. The Bertz CT molecular complexity index is 514. The van der Waals surface area contributed by atoms with Gasteiger partial charge in [-0.3, -0.25) is 4.79 Å². The van der Waals surface area contributed by atoms with Gasteiger partial charge >= 0.3 is 0 Å². The predicted octanol–water partition coefficient (Wildman–Crippen LogP) is 3.49. The lowest BCUT2D eigenvalue weighted by atomic mass is 10.1. The number of carbonyl (C=O) groups excluding carboxylic acids is 1. The average Bonchev–Trinajstić information content (AvgIpc) is 3.07. The highest BCUT2D eigenvalue weighted by atomic mass is 32.1. The van der Waals surface area contributed by atoms with E-state index in [1.165, 1.54) is 0 Å². The van der Waals surface area contributed by atoms with Crippen molar-refractivity contribution in [3.05, 3.63) is 52.6 Å². The van der Waals surface area contributed by atoms with E-state index < -0.39 is 0 Å². The second-order valence-corrected chi connectivity index (χ2v) is 5.36. The van der Waals surface area contributed by atoms with Crippen molar-refractivity contribution < 1.29 is 9.21 Å². The third kappa shape index (κ3) is 4.75. The quantitative estimate of drug-likeness (QED) is 0.820. The zero-order valence-electron chi connectivity index (χ0n) is 10.8. The number of hydrogen-bond donors (Lipinski definition) is 1. The fraction of sp³-hybridized carbons (Fsp3) is 0.267. The second kappa shape index (κ2) is 6.95. The number of furan rings is 1. The van der Waals surface area contributed by atoms with Crippen LogP contribution in [-0.2, 0) is 11.2 Å². The van der Waals surface area contributed by atoms with Crippen LogP contribution in [0.1, 0.15) is 24.0 Å². The van der Waals surface area contributed by atoms with Gasteiger partial charge in [-0.25, -0.2) is 0 Å². The fourth-order valence-corrected chi connectivity index (χ4v) is 2.34. The topological polar surface area (TPSA) is 42.2 Å². The lowest BCUT2D eigenvalue weighted by molar-refractivity contribution is -0.117. The van der Waals surface area contributed by atoms with Crippen molar-refractivity contribution >= 4 is 23.3 Å². The molecule has 0 aliphatic carbocycles. The summed E-state index contributed by atoms with van der Waals surface area (Å²) in [5.41, 5.74) is 0. The van der Waals surface area contributed by atoms with E-state index in [0.717, 1.165) is 23.5 Å². The summed E-state index contributed by atoms with van der Waals surface area (Å²) in [6.45, 7) is 2.00. The normalized spacial score (nSPS) is 12.7. The molecule has 100 valence electrons. The number of rotatable bonds is 6. The Morgan fingerprint density at radius 3 is 3.05 bits per heavy atom. The van der Waals surface area contributed by atoms with Crippen molar-refractivity contribution in [2.75, 3.05) is 0 Å². The number of hydrogen-bond acceptors (Lipinski definition) is 3. The van der Waals surface area contributed by atoms with Crippen LogP contribution in [0.25, 0.3) is 6.08 Å². The van der Waals surface area contributed by atoms with E-state index in [1.807, 2.05) is 42.6 Å². The van der Waals surface area contributed by atoms with E-state index in [4.69, 9.17) is 4.42 Å². The first kappa shape index (κ1) is 13.6. The van der Waals surface area contributed by atoms with Gasteiger partial charge in [0.2, 0.25) is 5.91 Å². The molecule has 0 spiro atoms. The van der Waals surface area contributed by atoms with Crippen molar-refractivity contribution in [3.63, 3.8) is 0 Å².